The van der Waals surface area contributed by atoms with Crippen molar-refractivity contribution >= 4 is 51.1 Å². The Labute approximate surface area is 202 Å². The van der Waals surface area contributed by atoms with Crippen LogP contribution in [0.2, 0.25) is 5.02 Å². The molecule has 1 aliphatic carbocycles. The summed E-state index contributed by atoms with van der Waals surface area (Å²) in [7, 11) is 0. The molecule has 2 aromatic carbocycles. The van der Waals surface area contributed by atoms with E-state index in [0.717, 1.165) is 47.0 Å². The molecule has 0 bridgehead atoms. The van der Waals surface area contributed by atoms with Crippen LogP contribution in [0.25, 0.3) is 0 Å². The summed E-state index contributed by atoms with van der Waals surface area (Å²) in [6.07, 6.45) is 4.36. The first-order chi connectivity index (χ1) is 14.9. The van der Waals surface area contributed by atoms with Gasteiger partial charge in [0.1, 0.15) is 6.04 Å². The normalized spacial score (nSPS) is 14.9. The summed E-state index contributed by atoms with van der Waals surface area (Å²) in [6.45, 7) is 2.23. The van der Waals surface area contributed by atoms with Crippen LogP contribution in [0.3, 0.4) is 0 Å². The van der Waals surface area contributed by atoms with E-state index in [1.54, 1.807) is 16.7 Å². The van der Waals surface area contributed by atoms with Crippen molar-refractivity contribution in [1.82, 2.24) is 10.2 Å². The molecule has 1 atom stereocenters. The molecule has 2 aromatic rings. The first-order valence-corrected chi connectivity index (χ1v) is 12.9. The van der Waals surface area contributed by atoms with Gasteiger partial charge in [-0.25, -0.2) is 0 Å². The second kappa shape index (κ2) is 11.9. The van der Waals surface area contributed by atoms with Crippen molar-refractivity contribution in [2.45, 2.75) is 57.0 Å². The number of rotatable bonds is 9. The fourth-order valence-corrected chi connectivity index (χ4v) is 4.94. The van der Waals surface area contributed by atoms with Crippen molar-refractivity contribution in [3.63, 3.8) is 0 Å². The topological polar surface area (TPSA) is 49.4 Å². The highest BCUT2D eigenvalue weighted by Crippen LogP contribution is 2.20. The van der Waals surface area contributed by atoms with Crippen molar-refractivity contribution in [2.24, 2.45) is 0 Å². The SMILES string of the molecule is CC(C(=O)NC1CCCC1)N(Cc1ccc(Br)cc1)C(=O)CSCc1ccc(Cl)cc1. The zero-order valence-electron chi connectivity index (χ0n) is 17.7. The molecule has 2 amide bonds. The first kappa shape index (κ1) is 24.1. The Bertz CT molecular complexity index is 870. The molecular weight excluding hydrogens is 496 g/mol. The van der Waals surface area contributed by atoms with Gasteiger partial charge >= 0.3 is 0 Å². The van der Waals surface area contributed by atoms with Crippen LogP contribution in [0.4, 0.5) is 0 Å². The zero-order valence-corrected chi connectivity index (χ0v) is 20.8. The van der Waals surface area contributed by atoms with Gasteiger partial charge in [0.25, 0.3) is 0 Å². The summed E-state index contributed by atoms with van der Waals surface area (Å²) in [4.78, 5) is 27.7. The van der Waals surface area contributed by atoms with E-state index in [4.69, 9.17) is 11.6 Å². The highest BCUT2D eigenvalue weighted by atomic mass is 79.9. The van der Waals surface area contributed by atoms with E-state index >= 15 is 0 Å². The number of carbonyl (C=O) groups excluding carboxylic acids is 2. The van der Waals surface area contributed by atoms with Gasteiger partial charge in [-0.2, -0.15) is 0 Å². The summed E-state index contributed by atoms with van der Waals surface area (Å²) >= 11 is 10.9. The van der Waals surface area contributed by atoms with Gasteiger partial charge in [0, 0.05) is 27.8 Å². The monoisotopic (exact) mass is 522 g/mol. The summed E-state index contributed by atoms with van der Waals surface area (Å²) in [6, 6.07) is 15.2. The zero-order chi connectivity index (χ0) is 22.2. The third kappa shape index (κ3) is 7.55. The standard InChI is InChI=1S/C24H28BrClN2O2S/c1-17(24(30)27-22-4-2-3-5-22)28(14-18-6-10-20(25)11-7-18)23(29)16-31-15-19-8-12-21(26)13-9-19/h6-13,17,22H,2-5,14-16H2,1H3,(H,27,30). The molecule has 1 aliphatic rings. The molecule has 7 heteroatoms. The molecular formula is C24H28BrClN2O2S. The van der Waals surface area contributed by atoms with Crippen LogP contribution >= 0.6 is 39.3 Å². The highest BCUT2D eigenvalue weighted by molar-refractivity contribution is 9.10. The van der Waals surface area contributed by atoms with E-state index in [9.17, 15) is 9.59 Å². The van der Waals surface area contributed by atoms with Gasteiger partial charge < -0.3 is 10.2 Å². The number of nitrogens with one attached hydrogen (secondary N) is 1. The molecule has 31 heavy (non-hydrogen) atoms. The molecule has 0 aliphatic heterocycles. The average molecular weight is 524 g/mol. The van der Waals surface area contributed by atoms with Gasteiger partial charge in [0.05, 0.1) is 5.75 Å². The van der Waals surface area contributed by atoms with Crippen LogP contribution in [-0.4, -0.2) is 34.6 Å². The van der Waals surface area contributed by atoms with Gasteiger partial charge in [-0.15, -0.1) is 11.8 Å². The van der Waals surface area contributed by atoms with Gasteiger partial charge in [-0.05, 0) is 55.2 Å². The molecule has 4 nitrogen and oxygen atoms in total. The predicted octanol–water partition coefficient (Wildman–Crippen LogP) is 5.81. The lowest BCUT2D eigenvalue weighted by Crippen LogP contribution is -2.50. The van der Waals surface area contributed by atoms with E-state index in [-0.39, 0.29) is 17.9 Å². The Balaban J connectivity index is 1.64. The maximum Gasteiger partial charge on any atom is 0.242 e. The van der Waals surface area contributed by atoms with Crippen LogP contribution in [0.1, 0.15) is 43.7 Å². The smallest absolute Gasteiger partial charge is 0.242 e. The Kier molecular flexibility index (Phi) is 9.30. The average Bonchev–Trinajstić information content (AvgIpc) is 3.27. The minimum absolute atomic E-state index is 0.0315. The quantitative estimate of drug-likeness (QED) is 0.451. The third-order valence-electron chi connectivity index (χ3n) is 5.54. The van der Waals surface area contributed by atoms with E-state index < -0.39 is 6.04 Å². The summed E-state index contributed by atoms with van der Waals surface area (Å²) in [5.74, 6) is 0.939. The van der Waals surface area contributed by atoms with Crippen LogP contribution in [0.5, 0.6) is 0 Å². The van der Waals surface area contributed by atoms with Crippen molar-refractivity contribution in [1.29, 1.82) is 0 Å². The van der Waals surface area contributed by atoms with E-state index in [2.05, 4.69) is 21.2 Å². The molecule has 166 valence electrons. The fraction of sp³-hybridized carbons (Fsp3) is 0.417. The number of benzene rings is 2. The van der Waals surface area contributed by atoms with Crippen LogP contribution in [0.15, 0.2) is 53.0 Å². The Hall–Kier alpha value is -1.50. The molecule has 0 aromatic heterocycles. The molecule has 3 rings (SSSR count). The largest absolute Gasteiger partial charge is 0.352 e. The minimum Gasteiger partial charge on any atom is -0.352 e. The molecule has 0 radical (unpaired) electrons. The summed E-state index contributed by atoms with van der Waals surface area (Å²) in [5.41, 5.74) is 2.12. The van der Waals surface area contributed by atoms with Gasteiger partial charge in [0.2, 0.25) is 11.8 Å². The number of nitrogens with zero attached hydrogens (tertiary/aromatic N) is 1. The number of amides is 2. The molecule has 0 spiro atoms. The summed E-state index contributed by atoms with van der Waals surface area (Å²) < 4.78 is 0.986. The molecule has 0 heterocycles. The number of hydrogen-bond acceptors (Lipinski definition) is 3. The van der Waals surface area contributed by atoms with Gasteiger partial charge in [-0.3, -0.25) is 9.59 Å². The lowest BCUT2D eigenvalue weighted by atomic mass is 10.1. The third-order valence-corrected chi connectivity index (χ3v) is 7.31. The Morgan fingerprint density at radius 1 is 1.10 bits per heavy atom. The van der Waals surface area contributed by atoms with Crippen LogP contribution in [0, 0.1) is 0 Å². The first-order valence-electron chi connectivity index (χ1n) is 10.6. The lowest BCUT2D eigenvalue weighted by Gasteiger charge is -2.29. The van der Waals surface area contributed by atoms with Crippen molar-refractivity contribution in [2.75, 3.05) is 5.75 Å². The maximum absolute atomic E-state index is 13.1. The molecule has 1 fully saturated rings. The van der Waals surface area contributed by atoms with E-state index in [1.165, 1.54) is 0 Å². The second-order valence-corrected chi connectivity index (χ2v) is 10.3. The van der Waals surface area contributed by atoms with Crippen molar-refractivity contribution in [3.05, 3.63) is 69.2 Å². The molecule has 1 saturated carbocycles. The number of thioether (sulfide) groups is 1. The number of hydrogen-bond donors (Lipinski definition) is 1. The lowest BCUT2D eigenvalue weighted by molar-refractivity contribution is -0.138. The van der Waals surface area contributed by atoms with Crippen LogP contribution < -0.4 is 5.32 Å². The minimum atomic E-state index is -0.520. The molecule has 1 N–H and O–H groups in total. The molecule has 0 saturated heterocycles. The highest BCUT2D eigenvalue weighted by Gasteiger charge is 2.28. The van der Waals surface area contributed by atoms with E-state index in [1.807, 2.05) is 55.5 Å². The number of halogens is 2. The van der Waals surface area contributed by atoms with E-state index in [0.29, 0.717) is 17.3 Å². The van der Waals surface area contributed by atoms with Crippen molar-refractivity contribution in [3.8, 4) is 0 Å². The Morgan fingerprint density at radius 2 is 1.71 bits per heavy atom. The number of carbonyl (C=O) groups is 2. The van der Waals surface area contributed by atoms with Crippen LogP contribution in [-0.2, 0) is 21.9 Å². The fourth-order valence-electron chi connectivity index (χ4n) is 3.68. The Morgan fingerprint density at radius 3 is 2.35 bits per heavy atom. The summed E-state index contributed by atoms with van der Waals surface area (Å²) in [5, 5.41) is 3.84. The predicted molar refractivity (Wildman–Crippen MR) is 132 cm³/mol. The van der Waals surface area contributed by atoms with Gasteiger partial charge in [-0.1, -0.05) is 64.6 Å². The van der Waals surface area contributed by atoms with Crippen molar-refractivity contribution < 1.29 is 9.59 Å². The second-order valence-electron chi connectivity index (χ2n) is 7.93. The maximum atomic E-state index is 13.1. The molecule has 1 unspecified atom stereocenters. The van der Waals surface area contributed by atoms with Gasteiger partial charge in [0.15, 0.2) is 0 Å².